The van der Waals surface area contributed by atoms with Gasteiger partial charge in [0.1, 0.15) is 19.5 Å². The summed E-state index contributed by atoms with van der Waals surface area (Å²) in [5.74, 6) is -0.950. The highest BCUT2D eigenvalue weighted by Crippen LogP contribution is 2.10. The molecule has 0 aliphatic rings. The lowest BCUT2D eigenvalue weighted by molar-refractivity contribution is 0.573. The van der Waals surface area contributed by atoms with Gasteiger partial charge < -0.3 is 0 Å². The largest absolute Gasteiger partial charge is 0.207 e. The standard InChI is InChI=1S/C8H9BF2/c9-4-3-6-1-2-7(10)5-8(6)11/h1-2,5H,3-4,9H2. The van der Waals surface area contributed by atoms with Gasteiger partial charge in [0.2, 0.25) is 0 Å². The SMILES string of the molecule is BCCc1ccc(F)cc1F. The molecule has 1 aromatic carbocycles. The van der Waals surface area contributed by atoms with Crippen molar-refractivity contribution in [3.8, 4) is 0 Å². The first-order valence-corrected chi connectivity index (χ1v) is 3.68. The molecule has 1 rings (SSSR count). The molecule has 0 amide bonds. The molecule has 0 atom stereocenters. The van der Waals surface area contributed by atoms with Crippen molar-refractivity contribution in [2.45, 2.75) is 12.7 Å². The lowest BCUT2D eigenvalue weighted by atomic mass is 9.97. The van der Waals surface area contributed by atoms with Crippen molar-refractivity contribution < 1.29 is 8.78 Å². The maximum absolute atomic E-state index is 12.8. The number of hydrogen-bond acceptors (Lipinski definition) is 0. The average Bonchev–Trinajstić information content (AvgIpc) is 1.95. The molecular weight excluding hydrogens is 145 g/mol. The molecule has 0 fully saturated rings. The van der Waals surface area contributed by atoms with Crippen LogP contribution in [0.15, 0.2) is 18.2 Å². The van der Waals surface area contributed by atoms with E-state index in [1.54, 1.807) is 0 Å². The van der Waals surface area contributed by atoms with Gasteiger partial charge in [-0.15, -0.1) is 0 Å². The highest BCUT2D eigenvalue weighted by Gasteiger charge is 2.00. The van der Waals surface area contributed by atoms with Gasteiger partial charge >= 0.3 is 0 Å². The number of rotatable bonds is 2. The van der Waals surface area contributed by atoms with Gasteiger partial charge in [-0.05, 0) is 18.1 Å². The van der Waals surface area contributed by atoms with Crippen LogP contribution in [-0.4, -0.2) is 7.85 Å². The zero-order chi connectivity index (χ0) is 8.27. The Hall–Kier alpha value is -0.855. The molecule has 0 nitrogen and oxygen atoms in total. The van der Waals surface area contributed by atoms with Crippen LogP contribution in [0.5, 0.6) is 0 Å². The Balaban J connectivity index is 2.90. The molecule has 0 saturated heterocycles. The summed E-state index contributed by atoms with van der Waals surface area (Å²) in [7, 11) is 1.96. The predicted octanol–water partition coefficient (Wildman–Crippen LogP) is 1.56. The van der Waals surface area contributed by atoms with E-state index < -0.39 is 11.6 Å². The summed E-state index contributed by atoms with van der Waals surface area (Å²) in [6, 6.07) is 3.70. The minimum Gasteiger partial charge on any atom is -0.207 e. The molecule has 1 aromatic rings. The number of hydrogen-bond donors (Lipinski definition) is 0. The summed E-state index contributed by atoms with van der Waals surface area (Å²) in [5.41, 5.74) is 0.592. The number of benzene rings is 1. The van der Waals surface area contributed by atoms with E-state index in [4.69, 9.17) is 0 Å². The monoisotopic (exact) mass is 154 g/mol. The fourth-order valence-corrected chi connectivity index (χ4v) is 0.994. The van der Waals surface area contributed by atoms with E-state index in [1.165, 1.54) is 12.1 Å². The predicted molar refractivity (Wildman–Crippen MR) is 43.4 cm³/mol. The maximum atomic E-state index is 12.8. The third-order valence-electron chi connectivity index (χ3n) is 1.53. The van der Waals surface area contributed by atoms with Crippen LogP contribution in [0, 0.1) is 11.6 Å². The van der Waals surface area contributed by atoms with Crippen molar-refractivity contribution >= 4 is 7.85 Å². The third kappa shape index (κ3) is 2.04. The Labute approximate surface area is 65.6 Å². The molecule has 0 spiro atoms. The minimum atomic E-state index is -0.512. The topological polar surface area (TPSA) is 0 Å². The molecule has 11 heavy (non-hydrogen) atoms. The molecule has 0 aliphatic heterocycles. The van der Waals surface area contributed by atoms with Crippen molar-refractivity contribution in [1.29, 1.82) is 0 Å². The van der Waals surface area contributed by atoms with Gasteiger partial charge in [0.15, 0.2) is 0 Å². The van der Waals surface area contributed by atoms with Crippen LogP contribution < -0.4 is 0 Å². The zero-order valence-corrected chi connectivity index (χ0v) is 6.40. The van der Waals surface area contributed by atoms with Gasteiger partial charge in [-0.1, -0.05) is 12.4 Å². The molecule has 0 saturated carbocycles. The van der Waals surface area contributed by atoms with Crippen molar-refractivity contribution in [3.05, 3.63) is 35.4 Å². The van der Waals surface area contributed by atoms with Gasteiger partial charge in [-0.2, -0.15) is 0 Å². The first kappa shape index (κ1) is 8.24. The lowest BCUT2D eigenvalue weighted by Crippen LogP contribution is -1.90. The van der Waals surface area contributed by atoms with Crippen molar-refractivity contribution in [2.75, 3.05) is 0 Å². The van der Waals surface area contributed by atoms with Crippen LogP contribution in [0.2, 0.25) is 6.32 Å². The molecule has 3 heteroatoms. The van der Waals surface area contributed by atoms with E-state index in [0.717, 1.165) is 12.4 Å². The molecule has 58 valence electrons. The first-order valence-electron chi connectivity index (χ1n) is 3.68. The molecule has 0 N–H and O–H groups in total. The van der Waals surface area contributed by atoms with Crippen molar-refractivity contribution in [2.24, 2.45) is 0 Å². The maximum Gasteiger partial charge on any atom is 0.129 e. The number of halogens is 2. The van der Waals surface area contributed by atoms with E-state index in [-0.39, 0.29) is 0 Å². The fourth-order valence-electron chi connectivity index (χ4n) is 0.994. The summed E-state index contributed by atoms with van der Waals surface area (Å²) in [5, 5.41) is 0. The fraction of sp³-hybridized carbons (Fsp3) is 0.250. The Bertz CT molecular complexity index is 248. The second-order valence-corrected chi connectivity index (χ2v) is 2.49. The van der Waals surface area contributed by atoms with Gasteiger partial charge in [0.25, 0.3) is 0 Å². The van der Waals surface area contributed by atoms with Crippen molar-refractivity contribution in [3.63, 3.8) is 0 Å². The molecular formula is C8H9BF2. The van der Waals surface area contributed by atoms with E-state index in [0.29, 0.717) is 12.0 Å². The Morgan fingerprint density at radius 1 is 1.27 bits per heavy atom. The second-order valence-electron chi connectivity index (χ2n) is 2.49. The summed E-state index contributed by atoms with van der Waals surface area (Å²) >= 11 is 0. The summed E-state index contributed by atoms with van der Waals surface area (Å²) < 4.78 is 25.1. The zero-order valence-electron chi connectivity index (χ0n) is 6.40. The van der Waals surface area contributed by atoms with Gasteiger partial charge in [0, 0.05) is 6.07 Å². The molecule has 0 bridgehead atoms. The highest BCUT2D eigenvalue weighted by molar-refractivity contribution is 6.08. The minimum absolute atomic E-state index is 0.438. The smallest absolute Gasteiger partial charge is 0.129 e. The molecule has 0 heterocycles. The summed E-state index contributed by atoms with van der Waals surface area (Å²) in [4.78, 5) is 0. The molecule has 0 radical (unpaired) electrons. The van der Waals surface area contributed by atoms with Gasteiger partial charge in [-0.3, -0.25) is 0 Å². The van der Waals surface area contributed by atoms with Crippen molar-refractivity contribution in [1.82, 2.24) is 0 Å². The van der Waals surface area contributed by atoms with Crippen LogP contribution in [-0.2, 0) is 6.42 Å². The van der Waals surface area contributed by atoms with E-state index in [2.05, 4.69) is 0 Å². The Morgan fingerprint density at radius 2 is 2.00 bits per heavy atom. The van der Waals surface area contributed by atoms with Crippen LogP contribution in [0.1, 0.15) is 5.56 Å². The Morgan fingerprint density at radius 3 is 2.55 bits per heavy atom. The van der Waals surface area contributed by atoms with Gasteiger partial charge in [-0.25, -0.2) is 8.78 Å². The second kappa shape index (κ2) is 3.51. The van der Waals surface area contributed by atoms with E-state index in [9.17, 15) is 8.78 Å². The first-order chi connectivity index (χ1) is 5.24. The van der Waals surface area contributed by atoms with E-state index >= 15 is 0 Å². The average molecular weight is 154 g/mol. The van der Waals surface area contributed by atoms with Crippen LogP contribution >= 0.6 is 0 Å². The normalized spacial score (nSPS) is 10.0. The van der Waals surface area contributed by atoms with E-state index in [1.807, 2.05) is 7.85 Å². The van der Waals surface area contributed by atoms with Crippen LogP contribution in [0.25, 0.3) is 0 Å². The lowest BCUT2D eigenvalue weighted by Gasteiger charge is -1.99. The highest BCUT2D eigenvalue weighted by atomic mass is 19.1. The Kier molecular flexibility index (Phi) is 2.63. The van der Waals surface area contributed by atoms with Crippen LogP contribution in [0.4, 0.5) is 8.78 Å². The summed E-state index contributed by atoms with van der Waals surface area (Å²) in [6.07, 6.45) is 1.55. The third-order valence-corrected chi connectivity index (χ3v) is 1.53. The van der Waals surface area contributed by atoms with Crippen LogP contribution in [0.3, 0.4) is 0 Å². The molecule has 0 aliphatic carbocycles. The summed E-state index contributed by atoms with van der Waals surface area (Å²) in [6.45, 7) is 0. The number of aryl methyl sites for hydroxylation is 1. The van der Waals surface area contributed by atoms with Gasteiger partial charge in [0.05, 0.1) is 0 Å². The quantitative estimate of drug-likeness (QED) is 0.567. The molecule has 0 aromatic heterocycles. The molecule has 0 unspecified atom stereocenters.